The Morgan fingerprint density at radius 1 is 1.38 bits per heavy atom. The lowest BCUT2D eigenvalue weighted by Crippen LogP contribution is -2.46. The van der Waals surface area contributed by atoms with Gasteiger partial charge in [-0.2, -0.15) is 0 Å². The summed E-state index contributed by atoms with van der Waals surface area (Å²) in [6.07, 6.45) is 12.9. The number of hydrogen-bond donors (Lipinski definition) is 2. The summed E-state index contributed by atoms with van der Waals surface area (Å²) < 4.78 is 5.00. The van der Waals surface area contributed by atoms with Crippen LogP contribution in [0, 0.1) is 18.3 Å². The highest BCUT2D eigenvalue weighted by atomic mass is 16.5. The van der Waals surface area contributed by atoms with Crippen molar-refractivity contribution >= 4 is 23.6 Å². The van der Waals surface area contributed by atoms with Crippen LogP contribution in [-0.4, -0.2) is 60.0 Å². The van der Waals surface area contributed by atoms with Crippen LogP contribution in [0.25, 0.3) is 0 Å². The molecule has 1 aliphatic carbocycles. The van der Waals surface area contributed by atoms with E-state index in [1.165, 1.54) is 11.1 Å². The molecule has 0 unspecified atom stereocenters. The van der Waals surface area contributed by atoms with Gasteiger partial charge in [-0.1, -0.05) is 5.92 Å². The zero-order chi connectivity index (χ0) is 22.9. The second kappa shape index (κ2) is 11.6. The monoisotopic (exact) mass is 440 g/mol. The molecule has 0 spiro atoms. The Labute approximate surface area is 189 Å². The number of nitrogens with one attached hydrogen (secondary N) is 2. The third-order valence-electron chi connectivity index (χ3n) is 5.74. The van der Waals surface area contributed by atoms with Crippen molar-refractivity contribution in [2.45, 2.75) is 57.9 Å². The molecule has 0 aromatic carbocycles. The third kappa shape index (κ3) is 6.54. The van der Waals surface area contributed by atoms with E-state index < -0.39 is 11.9 Å². The van der Waals surface area contributed by atoms with E-state index in [1.807, 2.05) is 6.07 Å². The minimum Gasteiger partial charge on any atom is -0.465 e. The second-order valence-electron chi connectivity index (χ2n) is 8.21. The number of ether oxygens (including phenoxy) is 1. The molecule has 1 atom stereocenters. The van der Waals surface area contributed by atoms with E-state index in [2.05, 4.69) is 21.5 Å². The fourth-order valence-electron chi connectivity index (χ4n) is 3.81. The van der Waals surface area contributed by atoms with E-state index in [0.29, 0.717) is 12.5 Å². The minimum absolute atomic E-state index is 0.0556. The minimum atomic E-state index is -0.970. The maximum absolute atomic E-state index is 13.0. The average molecular weight is 441 g/mol. The standard InChI is InChI=1S/C24H32N4O4/c1-3-17(24(31)32-4-2)16-28(22(30)15-27-19-10-11-19)21(29)9-5-7-18-12-14-26-23-20(18)8-6-13-25-23/h1,12,14,17,19,27H,4-11,13,15-16H2,2H3,(H,25,26)/t17-/m0/s1. The molecular weight excluding hydrogens is 408 g/mol. The highest BCUT2D eigenvalue weighted by Crippen LogP contribution is 2.24. The number of aromatic nitrogens is 1. The van der Waals surface area contributed by atoms with Crippen LogP contribution in [0.15, 0.2) is 12.3 Å². The summed E-state index contributed by atoms with van der Waals surface area (Å²) in [5.74, 6) is 1.04. The lowest BCUT2D eigenvalue weighted by Gasteiger charge is -2.24. The first-order chi connectivity index (χ1) is 15.5. The molecule has 2 N–H and O–H groups in total. The van der Waals surface area contributed by atoms with E-state index in [9.17, 15) is 14.4 Å². The van der Waals surface area contributed by atoms with Crippen molar-refractivity contribution in [3.05, 3.63) is 23.4 Å². The van der Waals surface area contributed by atoms with E-state index in [1.54, 1.807) is 13.1 Å². The molecule has 2 aliphatic rings. The number of imide groups is 1. The number of rotatable bonds is 11. The number of carbonyl (C=O) groups is 3. The van der Waals surface area contributed by atoms with E-state index in [4.69, 9.17) is 11.2 Å². The number of aryl methyl sites for hydroxylation is 1. The first kappa shape index (κ1) is 23.7. The van der Waals surface area contributed by atoms with Crippen LogP contribution in [0.2, 0.25) is 0 Å². The Morgan fingerprint density at radius 2 is 2.19 bits per heavy atom. The van der Waals surface area contributed by atoms with Gasteiger partial charge in [0.2, 0.25) is 11.8 Å². The van der Waals surface area contributed by atoms with Crippen molar-refractivity contribution in [3.8, 4) is 12.3 Å². The van der Waals surface area contributed by atoms with Gasteiger partial charge < -0.3 is 15.4 Å². The molecule has 8 heteroatoms. The number of anilines is 1. The van der Waals surface area contributed by atoms with Gasteiger partial charge in [0.15, 0.2) is 0 Å². The van der Waals surface area contributed by atoms with Crippen LogP contribution in [0.5, 0.6) is 0 Å². The quantitative estimate of drug-likeness (QED) is 0.399. The highest BCUT2D eigenvalue weighted by Gasteiger charge is 2.29. The molecule has 1 fully saturated rings. The van der Waals surface area contributed by atoms with Crippen LogP contribution in [-0.2, 0) is 32.0 Å². The Bertz CT molecular complexity index is 875. The molecule has 0 bridgehead atoms. The fourth-order valence-corrected chi connectivity index (χ4v) is 3.81. The SMILES string of the molecule is C#C[C@@H](CN(C(=O)CCCc1ccnc2c1CCCN2)C(=O)CNC1CC1)C(=O)OCC. The van der Waals surface area contributed by atoms with Crippen LogP contribution in [0.1, 0.15) is 50.2 Å². The molecule has 1 aliphatic heterocycles. The molecule has 2 heterocycles. The average Bonchev–Trinajstić information content (AvgIpc) is 3.63. The zero-order valence-electron chi connectivity index (χ0n) is 18.7. The molecule has 32 heavy (non-hydrogen) atoms. The number of esters is 1. The number of amides is 2. The summed E-state index contributed by atoms with van der Waals surface area (Å²) >= 11 is 0. The molecule has 0 radical (unpaired) electrons. The summed E-state index contributed by atoms with van der Waals surface area (Å²) in [6, 6.07) is 2.32. The first-order valence-corrected chi connectivity index (χ1v) is 11.4. The van der Waals surface area contributed by atoms with Gasteiger partial charge in [0.05, 0.1) is 19.7 Å². The Kier molecular flexibility index (Phi) is 8.63. The molecule has 1 saturated carbocycles. The maximum atomic E-state index is 13.0. The highest BCUT2D eigenvalue weighted by molar-refractivity contribution is 5.96. The van der Waals surface area contributed by atoms with Crippen LogP contribution in [0.4, 0.5) is 5.82 Å². The van der Waals surface area contributed by atoms with E-state index in [-0.39, 0.29) is 37.9 Å². The molecule has 0 saturated heterocycles. The number of terminal acetylenes is 1. The lowest BCUT2D eigenvalue weighted by molar-refractivity contribution is -0.149. The van der Waals surface area contributed by atoms with Crippen molar-refractivity contribution < 1.29 is 19.1 Å². The van der Waals surface area contributed by atoms with Crippen molar-refractivity contribution in [1.29, 1.82) is 0 Å². The largest absolute Gasteiger partial charge is 0.465 e. The van der Waals surface area contributed by atoms with Gasteiger partial charge in [-0.3, -0.25) is 19.3 Å². The van der Waals surface area contributed by atoms with Crippen molar-refractivity contribution in [2.24, 2.45) is 5.92 Å². The van der Waals surface area contributed by atoms with E-state index in [0.717, 1.165) is 49.4 Å². The van der Waals surface area contributed by atoms with Crippen LogP contribution >= 0.6 is 0 Å². The van der Waals surface area contributed by atoms with Gasteiger partial charge in [-0.25, -0.2) is 4.98 Å². The molecule has 1 aromatic heterocycles. The van der Waals surface area contributed by atoms with Crippen LogP contribution < -0.4 is 10.6 Å². The molecule has 8 nitrogen and oxygen atoms in total. The molecule has 2 amide bonds. The number of nitrogens with zero attached hydrogens (tertiary/aromatic N) is 2. The normalized spacial score (nSPS) is 15.6. The smallest absolute Gasteiger partial charge is 0.322 e. The third-order valence-corrected chi connectivity index (χ3v) is 5.74. The number of hydrogen-bond acceptors (Lipinski definition) is 7. The van der Waals surface area contributed by atoms with Gasteiger partial charge >= 0.3 is 5.97 Å². The summed E-state index contributed by atoms with van der Waals surface area (Å²) in [4.78, 5) is 43.4. The van der Waals surface area contributed by atoms with Gasteiger partial charge in [0.25, 0.3) is 0 Å². The lowest BCUT2D eigenvalue weighted by atomic mass is 9.97. The zero-order valence-corrected chi connectivity index (χ0v) is 18.7. The Morgan fingerprint density at radius 3 is 2.91 bits per heavy atom. The van der Waals surface area contributed by atoms with Gasteiger partial charge in [0, 0.05) is 25.2 Å². The van der Waals surface area contributed by atoms with Crippen molar-refractivity contribution in [2.75, 3.05) is 31.6 Å². The summed E-state index contributed by atoms with van der Waals surface area (Å²) in [5, 5.41) is 6.44. The molecule has 3 rings (SSSR count). The molecule has 1 aromatic rings. The second-order valence-corrected chi connectivity index (χ2v) is 8.21. The van der Waals surface area contributed by atoms with E-state index >= 15 is 0 Å². The first-order valence-electron chi connectivity index (χ1n) is 11.4. The summed E-state index contributed by atoms with van der Waals surface area (Å²) in [6.45, 7) is 2.69. The predicted octanol–water partition coefficient (Wildman–Crippen LogP) is 1.68. The Hall–Kier alpha value is -2.92. The van der Waals surface area contributed by atoms with Gasteiger partial charge in [0.1, 0.15) is 11.7 Å². The topological polar surface area (TPSA) is 101 Å². The number of fused-ring (bicyclic) bond motifs is 1. The summed E-state index contributed by atoms with van der Waals surface area (Å²) in [5.41, 5.74) is 2.39. The van der Waals surface area contributed by atoms with Crippen LogP contribution in [0.3, 0.4) is 0 Å². The van der Waals surface area contributed by atoms with Gasteiger partial charge in [-0.05, 0) is 62.6 Å². The summed E-state index contributed by atoms with van der Waals surface area (Å²) in [7, 11) is 0. The van der Waals surface area contributed by atoms with Gasteiger partial charge in [-0.15, -0.1) is 6.42 Å². The molecule has 172 valence electrons. The van der Waals surface area contributed by atoms with Crippen molar-refractivity contribution in [1.82, 2.24) is 15.2 Å². The predicted molar refractivity (Wildman–Crippen MR) is 121 cm³/mol. The molecular formula is C24H32N4O4. The Balaban J connectivity index is 1.61. The number of pyridine rings is 1. The maximum Gasteiger partial charge on any atom is 0.322 e. The fraction of sp³-hybridized carbons (Fsp3) is 0.583. The number of carbonyl (C=O) groups excluding carboxylic acids is 3. The van der Waals surface area contributed by atoms with Crippen molar-refractivity contribution in [3.63, 3.8) is 0 Å².